The molecular weight excluding hydrogens is 192 g/mol. The van der Waals surface area contributed by atoms with Crippen LogP contribution >= 0.6 is 0 Å². The topological polar surface area (TPSA) is 40.5 Å². The Morgan fingerprint density at radius 1 is 0.929 bits per heavy atom. The third-order valence-electron chi connectivity index (χ3n) is 5.35. The molecule has 0 aromatic carbocycles. The van der Waals surface area contributed by atoms with E-state index in [1.54, 1.807) is 0 Å². The van der Waals surface area contributed by atoms with Crippen LogP contribution in [0, 0.1) is 10.8 Å². The maximum absolute atomic E-state index is 10.2. The van der Waals surface area contributed by atoms with E-state index in [1.165, 1.54) is 0 Å². The van der Waals surface area contributed by atoms with Crippen LogP contribution in [0.4, 0.5) is 0 Å². The van der Waals surface area contributed by atoms with Crippen LogP contribution in [0.3, 0.4) is 0 Å². The Bertz CT molecular complexity index is 216. The second-order valence-electron chi connectivity index (χ2n) is 6.45. The molecule has 1 fully saturated rings. The van der Waals surface area contributed by atoms with E-state index in [2.05, 4.69) is 27.7 Å². The summed E-state index contributed by atoms with van der Waals surface area (Å²) in [6.07, 6.45) is 0.919. The molecular formula is C11H24O2Si. The van der Waals surface area contributed by atoms with Gasteiger partial charge in [-0.1, -0.05) is 41.5 Å². The first-order valence-corrected chi connectivity index (χ1v) is 7.51. The van der Waals surface area contributed by atoms with Crippen LogP contribution in [-0.2, 0) is 0 Å². The van der Waals surface area contributed by atoms with Crippen LogP contribution in [0.15, 0.2) is 0 Å². The highest BCUT2D eigenvalue weighted by Crippen LogP contribution is 2.65. The highest BCUT2D eigenvalue weighted by atomic mass is 28.4. The summed E-state index contributed by atoms with van der Waals surface area (Å²) in [6.45, 7) is 12.8. The Balaban J connectivity index is 3.20. The molecule has 2 nitrogen and oxygen atoms in total. The fourth-order valence-corrected chi connectivity index (χ4v) is 5.40. The van der Waals surface area contributed by atoms with Crippen molar-refractivity contribution in [3.05, 3.63) is 0 Å². The monoisotopic (exact) mass is 216 g/mol. The average Bonchev–Trinajstić information content (AvgIpc) is 1.98. The summed E-state index contributed by atoms with van der Waals surface area (Å²) in [5.41, 5.74) is 0.145. The van der Waals surface area contributed by atoms with Crippen molar-refractivity contribution in [1.82, 2.24) is 0 Å². The fourth-order valence-electron chi connectivity index (χ4n) is 2.46. The zero-order chi connectivity index (χ0) is 11.4. The molecule has 14 heavy (non-hydrogen) atoms. The highest BCUT2D eigenvalue weighted by Gasteiger charge is 2.63. The van der Waals surface area contributed by atoms with Gasteiger partial charge in [-0.25, -0.2) is 0 Å². The molecule has 0 spiro atoms. The smallest absolute Gasteiger partial charge is 0.339 e. The van der Waals surface area contributed by atoms with Crippen molar-refractivity contribution < 1.29 is 9.59 Å². The molecule has 84 valence electrons. The summed E-state index contributed by atoms with van der Waals surface area (Å²) in [7, 11) is -3.04. The van der Waals surface area contributed by atoms with Crippen molar-refractivity contribution in [3.8, 4) is 0 Å². The maximum atomic E-state index is 10.2. The van der Waals surface area contributed by atoms with Gasteiger partial charge < -0.3 is 9.59 Å². The van der Waals surface area contributed by atoms with E-state index in [0.29, 0.717) is 6.04 Å². The van der Waals surface area contributed by atoms with E-state index in [4.69, 9.17) is 0 Å². The Kier molecular flexibility index (Phi) is 2.47. The Morgan fingerprint density at radius 3 is 1.71 bits per heavy atom. The summed E-state index contributed by atoms with van der Waals surface area (Å²) in [5, 5.41) is -0.345. The summed E-state index contributed by atoms with van der Waals surface area (Å²) in [4.78, 5) is 20.3. The average molecular weight is 216 g/mol. The molecule has 0 saturated carbocycles. The van der Waals surface area contributed by atoms with E-state index >= 15 is 0 Å². The van der Waals surface area contributed by atoms with Gasteiger partial charge >= 0.3 is 8.56 Å². The molecule has 0 radical (unpaired) electrons. The minimum atomic E-state index is -3.04. The van der Waals surface area contributed by atoms with Gasteiger partial charge in [-0.3, -0.25) is 0 Å². The first-order chi connectivity index (χ1) is 5.96. The van der Waals surface area contributed by atoms with Crippen LogP contribution in [0.2, 0.25) is 11.1 Å². The highest BCUT2D eigenvalue weighted by molar-refractivity contribution is 6.68. The van der Waals surface area contributed by atoms with Gasteiger partial charge in [0.2, 0.25) is 0 Å². The lowest BCUT2D eigenvalue weighted by Gasteiger charge is -2.59. The van der Waals surface area contributed by atoms with Crippen molar-refractivity contribution in [3.63, 3.8) is 0 Å². The molecule has 1 heterocycles. The van der Waals surface area contributed by atoms with E-state index in [9.17, 15) is 9.59 Å². The van der Waals surface area contributed by atoms with Crippen LogP contribution in [-0.4, -0.2) is 18.2 Å². The van der Waals surface area contributed by atoms with Gasteiger partial charge in [-0.05, 0) is 23.3 Å². The number of hydrogen-bond acceptors (Lipinski definition) is 2. The van der Waals surface area contributed by atoms with Crippen LogP contribution in [0.5, 0.6) is 0 Å². The van der Waals surface area contributed by atoms with Crippen molar-refractivity contribution in [2.75, 3.05) is 0 Å². The van der Waals surface area contributed by atoms with Gasteiger partial charge in [0.1, 0.15) is 0 Å². The zero-order valence-electron chi connectivity index (χ0n) is 10.3. The first-order valence-electron chi connectivity index (χ1n) is 5.40. The van der Waals surface area contributed by atoms with Crippen molar-refractivity contribution in [1.29, 1.82) is 0 Å². The fraction of sp³-hybridized carbons (Fsp3) is 1.00. The third-order valence-corrected chi connectivity index (χ3v) is 8.93. The molecule has 3 heteroatoms. The van der Waals surface area contributed by atoms with Gasteiger partial charge in [0.15, 0.2) is 0 Å². The SMILES string of the molecule is CC1(C)CC[Si](O)(O)C(C)(C)C1(C)C. The lowest BCUT2D eigenvalue weighted by atomic mass is 9.60. The largest absolute Gasteiger partial charge is 0.410 e. The quantitative estimate of drug-likeness (QED) is 0.611. The lowest BCUT2D eigenvalue weighted by molar-refractivity contribution is 0.0152. The number of hydrogen-bond donors (Lipinski definition) is 2. The standard InChI is InChI=1S/C11H24O2Si/c1-9(2)7-8-14(12,13)11(5,6)10(9,3)4/h12-13H,7-8H2,1-6H3. The molecule has 0 aromatic rings. The van der Waals surface area contributed by atoms with Crippen LogP contribution in [0.25, 0.3) is 0 Å². The van der Waals surface area contributed by atoms with Crippen molar-refractivity contribution in [2.45, 2.75) is 59.0 Å². The number of rotatable bonds is 0. The molecule has 0 aromatic heterocycles. The predicted molar refractivity (Wildman–Crippen MR) is 61.2 cm³/mol. The summed E-state index contributed by atoms with van der Waals surface area (Å²) in [6, 6.07) is 0.608. The molecule has 1 aliphatic rings. The zero-order valence-corrected chi connectivity index (χ0v) is 11.3. The van der Waals surface area contributed by atoms with E-state index in [-0.39, 0.29) is 15.9 Å². The molecule has 0 atom stereocenters. The molecule has 0 aliphatic carbocycles. The minimum absolute atomic E-state index is 0.0338. The van der Waals surface area contributed by atoms with Gasteiger partial charge in [0.05, 0.1) is 0 Å². The summed E-state index contributed by atoms with van der Waals surface area (Å²) >= 11 is 0. The van der Waals surface area contributed by atoms with Gasteiger partial charge in [-0.2, -0.15) is 0 Å². The lowest BCUT2D eigenvalue weighted by Crippen LogP contribution is -2.61. The second kappa shape index (κ2) is 2.83. The van der Waals surface area contributed by atoms with E-state index in [0.717, 1.165) is 6.42 Å². The van der Waals surface area contributed by atoms with Crippen LogP contribution < -0.4 is 0 Å². The maximum Gasteiger partial charge on any atom is 0.339 e. The summed E-state index contributed by atoms with van der Waals surface area (Å²) in [5.74, 6) is 0. The molecule has 2 N–H and O–H groups in total. The predicted octanol–water partition coefficient (Wildman–Crippen LogP) is 2.65. The van der Waals surface area contributed by atoms with Gasteiger partial charge in [0.25, 0.3) is 0 Å². The van der Waals surface area contributed by atoms with Crippen molar-refractivity contribution in [2.24, 2.45) is 10.8 Å². The van der Waals surface area contributed by atoms with Crippen LogP contribution in [0.1, 0.15) is 48.0 Å². The molecule has 0 bridgehead atoms. The van der Waals surface area contributed by atoms with E-state index < -0.39 is 8.56 Å². The third kappa shape index (κ3) is 1.29. The second-order valence-corrected chi connectivity index (χ2v) is 9.83. The molecule has 0 unspecified atom stereocenters. The Morgan fingerprint density at radius 2 is 1.36 bits per heavy atom. The normalized spacial score (nSPS) is 32.6. The summed E-state index contributed by atoms with van der Waals surface area (Å²) < 4.78 is 0. The molecule has 1 rings (SSSR count). The van der Waals surface area contributed by atoms with E-state index in [1.807, 2.05) is 13.8 Å². The van der Waals surface area contributed by atoms with Gasteiger partial charge in [0, 0.05) is 5.04 Å². The van der Waals surface area contributed by atoms with Crippen molar-refractivity contribution >= 4 is 8.56 Å². The first kappa shape index (κ1) is 12.2. The Labute approximate surface area is 88.6 Å². The molecule has 1 aliphatic heterocycles. The Hall–Kier alpha value is 0.137. The van der Waals surface area contributed by atoms with Gasteiger partial charge in [-0.15, -0.1) is 0 Å². The molecule has 0 amide bonds. The molecule has 1 saturated heterocycles. The minimum Gasteiger partial charge on any atom is -0.410 e.